The molecule has 23 heavy (non-hydrogen) atoms. The van der Waals surface area contributed by atoms with E-state index < -0.39 is 0 Å². The minimum absolute atomic E-state index is 0.108. The first kappa shape index (κ1) is 15.9. The third-order valence-corrected chi connectivity index (χ3v) is 5.33. The maximum absolute atomic E-state index is 11.8. The summed E-state index contributed by atoms with van der Waals surface area (Å²) in [6.45, 7) is 0.640. The van der Waals surface area contributed by atoms with Crippen LogP contribution in [0.2, 0.25) is 0 Å². The zero-order valence-electron chi connectivity index (χ0n) is 12.7. The van der Waals surface area contributed by atoms with Gasteiger partial charge in [-0.2, -0.15) is 0 Å². The van der Waals surface area contributed by atoms with Gasteiger partial charge >= 0.3 is 0 Å². The Hall–Kier alpha value is -1.98. The molecule has 1 aromatic carbocycles. The summed E-state index contributed by atoms with van der Waals surface area (Å²) in [7, 11) is 0. The molecule has 2 aromatic heterocycles. The lowest BCUT2D eigenvalue weighted by molar-refractivity contribution is -0.121. The first-order chi connectivity index (χ1) is 11.3. The van der Waals surface area contributed by atoms with Gasteiger partial charge in [0.15, 0.2) is 0 Å². The van der Waals surface area contributed by atoms with Crippen molar-refractivity contribution in [2.75, 3.05) is 6.54 Å². The van der Waals surface area contributed by atoms with E-state index in [4.69, 9.17) is 0 Å². The Morgan fingerprint density at radius 1 is 1.04 bits per heavy atom. The van der Waals surface area contributed by atoms with Gasteiger partial charge < -0.3 is 5.32 Å². The number of carbonyl (C=O) groups is 1. The molecule has 5 heteroatoms. The van der Waals surface area contributed by atoms with Gasteiger partial charge in [-0.25, -0.2) is 4.98 Å². The average molecular weight is 342 g/mol. The standard InChI is InChI=1S/C18H18N2OS2/c21-17(9-8-16-7-4-12-22-16)19-11-10-15-13-23-18(20-15)14-5-2-1-3-6-14/h1-7,12-13H,8-11H2,(H,19,21). The van der Waals surface area contributed by atoms with Gasteiger partial charge in [-0.05, 0) is 17.9 Å². The van der Waals surface area contributed by atoms with Gasteiger partial charge in [0.05, 0.1) is 5.69 Å². The highest BCUT2D eigenvalue weighted by Crippen LogP contribution is 2.23. The second-order valence-corrected chi connectivity index (χ2v) is 7.08. The van der Waals surface area contributed by atoms with Crippen LogP contribution in [0.4, 0.5) is 0 Å². The summed E-state index contributed by atoms with van der Waals surface area (Å²) in [5, 5.41) is 8.12. The van der Waals surface area contributed by atoms with Crippen molar-refractivity contribution in [2.24, 2.45) is 0 Å². The predicted molar refractivity (Wildman–Crippen MR) is 96.9 cm³/mol. The summed E-state index contributed by atoms with van der Waals surface area (Å²) in [4.78, 5) is 17.7. The van der Waals surface area contributed by atoms with Crippen molar-refractivity contribution in [3.8, 4) is 10.6 Å². The van der Waals surface area contributed by atoms with E-state index >= 15 is 0 Å². The van der Waals surface area contributed by atoms with Gasteiger partial charge in [0.25, 0.3) is 0 Å². The van der Waals surface area contributed by atoms with E-state index in [2.05, 4.69) is 33.9 Å². The van der Waals surface area contributed by atoms with Gasteiger partial charge in [0, 0.05) is 35.2 Å². The fourth-order valence-corrected chi connectivity index (χ4v) is 3.81. The highest BCUT2D eigenvalue weighted by molar-refractivity contribution is 7.13. The number of nitrogens with zero attached hydrogens (tertiary/aromatic N) is 1. The average Bonchev–Trinajstić information content (AvgIpc) is 3.26. The van der Waals surface area contributed by atoms with Crippen molar-refractivity contribution in [1.82, 2.24) is 10.3 Å². The van der Waals surface area contributed by atoms with Crippen molar-refractivity contribution >= 4 is 28.6 Å². The van der Waals surface area contributed by atoms with Crippen LogP contribution in [-0.2, 0) is 17.6 Å². The van der Waals surface area contributed by atoms with E-state index in [1.807, 2.05) is 29.6 Å². The minimum Gasteiger partial charge on any atom is -0.356 e. The quantitative estimate of drug-likeness (QED) is 0.700. The lowest BCUT2D eigenvalue weighted by Crippen LogP contribution is -2.25. The molecule has 0 saturated heterocycles. The maximum Gasteiger partial charge on any atom is 0.220 e. The molecule has 0 atom stereocenters. The predicted octanol–water partition coefficient (Wildman–Crippen LogP) is 4.16. The number of amides is 1. The molecule has 1 amide bonds. The highest BCUT2D eigenvalue weighted by Gasteiger charge is 2.06. The third kappa shape index (κ3) is 4.74. The topological polar surface area (TPSA) is 42.0 Å². The molecule has 118 valence electrons. The van der Waals surface area contributed by atoms with E-state index in [1.165, 1.54) is 4.88 Å². The second-order valence-electron chi connectivity index (χ2n) is 5.19. The zero-order valence-corrected chi connectivity index (χ0v) is 14.3. The number of thiazole rings is 1. The van der Waals surface area contributed by atoms with Gasteiger partial charge in [-0.3, -0.25) is 4.79 Å². The van der Waals surface area contributed by atoms with Crippen LogP contribution in [0.1, 0.15) is 17.0 Å². The van der Waals surface area contributed by atoms with E-state index in [0.717, 1.165) is 29.1 Å². The van der Waals surface area contributed by atoms with Crippen molar-refractivity contribution in [3.63, 3.8) is 0 Å². The number of benzene rings is 1. The molecule has 0 aliphatic rings. The Bertz CT molecular complexity index is 735. The van der Waals surface area contributed by atoms with Crippen LogP contribution in [0.15, 0.2) is 53.2 Å². The van der Waals surface area contributed by atoms with Crippen molar-refractivity contribution in [1.29, 1.82) is 0 Å². The zero-order chi connectivity index (χ0) is 15.9. The monoisotopic (exact) mass is 342 g/mol. The summed E-state index contributed by atoms with van der Waals surface area (Å²) in [6.07, 6.45) is 2.14. The van der Waals surface area contributed by atoms with Crippen LogP contribution in [0.5, 0.6) is 0 Å². The Morgan fingerprint density at radius 3 is 2.70 bits per heavy atom. The molecule has 0 spiro atoms. The fourth-order valence-electron chi connectivity index (χ4n) is 2.25. The normalized spacial score (nSPS) is 10.6. The molecule has 0 unspecified atom stereocenters. The van der Waals surface area contributed by atoms with Crippen LogP contribution in [0.3, 0.4) is 0 Å². The Balaban J connectivity index is 1.42. The van der Waals surface area contributed by atoms with Crippen molar-refractivity contribution in [2.45, 2.75) is 19.3 Å². The second kappa shape index (κ2) is 8.04. The SMILES string of the molecule is O=C(CCc1cccs1)NCCc1csc(-c2ccccc2)n1. The summed E-state index contributed by atoms with van der Waals surface area (Å²) >= 11 is 3.35. The molecule has 0 aliphatic carbocycles. The summed E-state index contributed by atoms with van der Waals surface area (Å²) < 4.78 is 0. The summed E-state index contributed by atoms with van der Waals surface area (Å²) in [6, 6.07) is 14.3. The molecular formula is C18H18N2OS2. The van der Waals surface area contributed by atoms with Crippen molar-refractivity contribution < 1.29 is 4.79 Å². The molecule has 0 radical (unpaired) electrons. The van der Waals surface area contributed by atoms with E-state index in [1.54, 1.807) is 22.7 Å². The molecule has 1 N–H and O–H groups in total. The Labute approximate surface area is 144 Å². The first-order valence-electron chi connectivity index (χ1n) is 7.60. The van der Waals surface area contributed by atoms with E-state index in [-0.39, 0.29) is 5.91 Å². The number of rotatable bonds is 7. The molecule has 3 nitrogen and oxygen atoms in total. The number of thiophene rings is 1. The first-order valence-corrected chi connectivity index (χ1v) is 9.36. The fraction of sp³-hybridized carbons (Fsp3) is 0.222. The van der Waals surface area contributed by atoms with Gasteiger partial charge in [-0.1, -0.05) is 36.4 Å². The molecule has 3 aromatic rings. The van der Waals surface area contributed by atoms with E-state index in [0.29, 0.717) is 13.0 Å². The van der Waals surface area contributed by atoms with Crippen LogP contribution in [-0.4, -0.2) is 17.4 Å². The summed E-state index contributed by atoms with van der Waals surface area (Å²) in [5.74, 6) is 0.108. The maximum atomic E-state index is 11.8. The number of carbonyl (C=O) groups excluding carboxylic acids is 1. The molecule has 0 aliphatic heterocycles. The lowest BCUT2D eigenvalue weighted by atomic mass is 10.2. The molecular weight excluding hydrogens is 324 g/mol. The smallest absolute Gasteiger partial charge is 0.220 e. The number of nitrogens with one attached hydrogen (secondary N) is 1. The Morgan fingerprint density at radius 2 is 1.91 bits per heavy atom. The molecule has 3 rings (SSSR count). The molecule has 0 fully saturated rings. The molecule has 2 heterocycles. The van der Waals surface area contributed by atoms with Crippen molar-refractivity contribution in [3.05, 3.63) is 63.8 Å². The van der Waals surface area contributed by atoms with Gasteiger partial charge in [0.2, 0.25) is 5.91 Å². The van der Waals surface area contributed by atoms with E-state index in [9.17, 15) is 4.79 Å². The summed E-state index contributed by atoms with van der Waals surface area (Å²) in [5.41, 5.74) is 2.18. The number of aryl methyl sites for hydroxylation is 1. The number of aromatic nitrogens is 1. The third-order valence-electron chi connectivity index (χ3n) is 3.45. The minimum atomic E-state index is 0.108. The van der Waals surface area contributed by atoms with Gasteiger partial charge in [-0.15, -0.1) is 22.7 Å². The molecule has 0 saturated carbocycles. The lowest BCUT2D eigenvalue weighted by Gasteiger charge is -2.03. The number of hydrogen-bond donors (Lipinski definition) is 1. The van der Waals surface area contributed by atoms with Crippen LogP contribution in [0, 0.1) is 0 Å². The largest absolute Gasteiger partial charge is 0.356 e. The van der Waals surface area contributed by atoms with Gasteiger partial charge in [0.1, 0.15) is 5.01 Å². The highest BCUT2D eigenvalue weighted by atomic mass is 32.1. The number of hydrogen-bond acceptors (Lipinski definition) is 4. The Kier molecular flexibility index (Phi) is 5.56. The molecule has 0 bridgehead atoms. The van der Waals surface area contributed by atoms with Crippen LogP contribution >= 0.6 is 22.7 Å². The van der Waals surface area contributed by atoms with Crippen LogP contribution < -0.4 is 5.32 Å². The van der Waals surface area contributed by atoms with Crippen LogP contribution in [0.25, 0.3) is 10.6 Å².